The molecule has 2 heterocycles. The van der Waals surface area contributed by atoms with Crippen LogP contribution in [0.1, 0.15) is 31.4 Å². The lowest BCUT2D eigenvalue weighted by Gasteiger charge is -2.38. The molecule has 0 spiro atoms. The highest BCUT2D eigenvalue weighted by Crippen LogP contribution is 2.27. The molecule has 19 heavy (non-hydrogen) atoms. The van der Waals surface area contributed by atoms with Crippen LogP contribution in [0.5, 0.6) is 0 Å². The number of benzene rings is 1. The molecule has 2 aliphatic heterocycles. The molecule has 0 radical (unpaired) electrons. The van der Waals surface area contributed by atoms with Crippen LogP contribution in [-0.4, -0.2) is 41.6 Å². The molecule has 4 nitrogen and oxygen atoms in total. The number of nitrogens with zero attached hydrogens (tertiary/aromatic N) is 2. The molecule has 0 aromatic heterocycles. The van der Waals surface area contributed by atoms with Crippen LogP contribution in [0, 0.1) is 0 Å². The van der Waals surface area contributed by atoms with Gasteiger partial charge in [-0.1, -0.05) is 12.1 Å². The summed E-state index contributed by atoms with van der Waals surface area (Å²) in [6.45, 7) is 4.44. The SMILES string of the molecule is CC(O)c1ccc(N2CCN3C(=O)CCC3C2)cc1. The fourth-order valence-corrected chi connectivity index (χ4v) is 3.06. The Morgan fingerprint density at radius 1 is 1.26 bits per heavy atom. The summed E-state index contributed by atoms with van der Waals surface area (Å²) in [5.74, 6) is 0.314. The number of fused-ring (bicyclic) bond motifs is 1. The van der Waals surface area contributed by atoms with Crippen LogP contribution in [0.25, 0.3) is 0 Å². The minimum absolute atomic E-state index is 0.314. The van der Waals surface area contributed by atoms with E-state index >= 15 is 0 Å². The maximum absolute atomic E-state index is 11.7. The smallest absolute Gasteiger partial charge is 0.223 e. The second-order valence-corrected chi connectivity index (χ2v) is 5.49. The van der Waals surface area contributed by atoms with E-state index in [1.54, 1.807) is 6.92 Å². The summed E-state index contributed by atoms with van der Waals surface area (Å²) in [4.78, 5) is 16.0. The summed E-state index contributed by atoms with van der Waals surface area (Å²) in [5.41, 5.74) is 2.13. The Hall–Kier alpha value is -1.55. The van der Waals surface area contributed by atoms with Crippen molar-refractivity contribution in [3.8, 4) is 0 Å². The van der Waals surface area contributed by atoms with Crippen molar-refractivity contribution < 1.29 is 9.90 Å². The lowest BCUT2D eigenvalue weighted by molar-refractivity contribution is -0.129. The first-order chi connectivity index (χ1) is 9.15. The first-order valence-electron chi connectivity index (χ1n) is 6.97. The molecule has 2 fully saturated rings. The third-order valence-corrected chi connectivity index (χ3v) is 4.24. The van der Waals surface area contributed by atoms with Crippen LogP contribution in [0.15, 0.2) is 24.3 Å². The van der Waals surface area contributed by atoms with E-state index in [-0.39, 0.29) is 0 Å². The van der Waals surface area contributed by atoms with Gasteiger partial charge in [0.1, 0.15) is 0 Å². The molecule has 1 aromatic rings. The number of anilines is 1. The highest BCUT2D eigenvalue weighted by molar-refractivity contribution is 5.79. The van der Waals surface area contributed by atoms with Gasteiger partial charge in [0.15, 0.2) is 0 Å². The molecular formula is C15H20N2O2. The van der Waals surface area contributed by atoms with Gasteiger partial charge in [0.25, 0.3) is 0 Å². The summed E-state index contributed by atoms with van der Waals surface area (Å²) in [6.07, 6.45) is 1.28. The number of amides is 1. The Morgan fingerprint density at radius 2 is 2.00 bits per heavy atom. The Morgan fingerprint density at radius 3 is 2.68 bits per heavy atom. The molecule has 4 heteroatoms. The number of hydrogen-bond donors (Lipinski definition) is 1. The summed E-state index contributed by atoms with van der Waals surface area (Å²) >= 11 is 0. The van der Waals surface area contributed by atoms with Crippen molar-refractivity contribution in [2.75, 3.05) is 24.5 Å². The molecule has 102 valence electrons. The third kappa shape index (κ3) is 2.32. The van der Waals surface area contributed by atoms with E-state index in [2.05, 4.69) is 17.0 Å². The molecule has 0 bridgehead atoms. The van der Waals surface area contributed by atoms with Gasteiger partial charge in [-0.3, -0.25) is 4.79 Å². The van der Waals surface area contributed by atoms with Crippen LogP contribution >= 0.6 is 0 Å². The van der Waals surface area contributed by atoms with Gasteiger partial charge in [0, 0.05) is 37.8 Å². The zero-order valence-electron chi connectivity index (χ0n) is 11.2. The number of aliphatic hydroxyl groups excluding tert-OH is 1. The predicted octanol–water partition coefficient (Wildman–Crippen LogP) is 1.55. The maximum Gasteiger partial charge on any atom is 0.223 e. The molecular weight excluding hydrogens is 240 g/mol. The highest BCUT2D eigenvalue weighted by atomic mass is 16.3. The topological polar surface area (TPSA) is 43.8 Å². The molecule has 1 N–H and O–H groups in total. The van der Waals surface area contributed by atoms with Gasteiger partial charge < -0.3 is 14.9 Å². The second kappa shape index (κ2) is 4.85. The Bertz CT molecular complexity index is 470. The average molecular weight is 260 g/mol. The number of hydrogen-bond acceptors (Lipinski definition) is 3. The molecule has 1 amide bonds. The van der Waals surface area contributed by atoms with Crippen LogP contribution in [0.2, 0.25) is 0 Å². The van der Waals surface area contributed by atoms with Gasteiger partial charge >= 0.3 is 0 Å². The summed E-state index contributed by atoms with van der Waals surface area (Å²) in [6, 6.07) is 8.47. The van der Waals surface area contributed by atoms with Crippen LogP contribution < -0.4 is 4.90 Å². The number of carbonyl (C=O) groups is 1. The number of carbonyl (C=O) groups excluding carboxylic acids is 1. The highest BCUT2D eigenvalue weighted by Gasteiger charge is 2.35. The largest absolute Gasteiger partial charge is 0.389 e. The van der Waals surface area contributed by atoms with Crippen molar-refractivity contribution in [3.05, 3.63) is 29.8 Å². The summed E-state index contributed by atoms with van der Waals surface area (Å²) < 4.78 is 0. The van der Waals surface area contributed by atoms with Gasteiger partial charge in [0.05, 0.1) is 6.10 Å². The van der Waals surface area contributed by atoms with E-state index in [1.165, 1.54) is 5.69 Å². The van der Waals surface area contributed by atoms with E-state index in [1.807, 2.05) is 17.0 Å². The van der Waals surface area contributed by atoms with Gasteiger partial charge in [-0.25, -0.2) is 0 Å². The monoisotopic (exact) mass is 260 g/mol. The molecule has 2 aliphatic rings. The van der Waals surface area contributed by atoms with Crippen LogP contribution in [0.4, 0.5) is 5.69 Å². The minimum Gasteiger partial charge on any atom is -0.389 e. The third-order valence-electron chi connectivity index (χ3n) is 4.24. The Kier molecular flexibility index (Phi) is 3.19. The fourth-order valence-electron chi connectivity index (χ4n) is 3.06. The molecule has 0 aliphatic carbocycles. The number of piperazine rings is 1. The summed E-state index contributed by atoms with van der Waals surface area (Å²) in [5, 5.41) is 9.52. The van der Waals surface area contributed by atoms with E-state index in [4.69, 9.17) is 0 Å². The van der Waals surface area contributed by atoms with Crippen LogP contribution in [0.3, 0.4) is 0 Å². The summed E-state index contributed by atoms with van der Waals surface area (Å²) in [7, 11) is 0. The average Bonchev–Trinajstić information content (AvgIpc) is 2.80. The van der Waals surface area contributed by atoms with Crippen molar-refractivity contribution in [3.63, 3.8) is 0 Å². The van der Waals surface area contributed by atoms with Gasteiger partial charge in [0.2, 0.25) is 5.91 Å². The van der Waals surface area contributed by atoms with E-state index < -0.39 is 6.10 Å². The van der Waals surface area contributed by atoms with Crippen LogP contribution in [-0.2, 0) is 4.79 Å². The first kappa shape index (κ1) is 12.5. The van der Waals surface area contributed by atoms with Crippen molar-refractivity contribution in [1.82, 2.24) is 4.90 Å². The van der Waals surface area contributed by atoms with Crippen molar-refractivity contribution in [2.45, 2.75) is 31.9 Å². The van der Waals surface area contributed by atoms with E-state index in [9.17, 15) is 9.90 Å². The van der Waals surface area contributed by atoms with Gasteiger partial charge in [-0.2, -0.15) is 0 Å². The number of aliphatic hydroxyl groups is 1. The quantitative estimate of drug-likeness (QED) is 0.877. The zero-order chi connectivity index (χ0) is 13.4. The normalized spacial score (nSPS) is 24.5. The van der Waals surface area contributed by atoms with Crippen molar-refractivity contribution >= 4 is 11.6 Å². The Labute approximate surface area is 113 Å². The zero-order valence-corrected chi connectivity index (χ0v) is 11.2. The maximum atomic E-state index is 11.7. The predicted molar refractivity (Wildman–Crippen MR) is 74.0 cm³/mol. The van der Waals surface area contributed by atoms with E-state index in [0.29, 0.717) is 18.4 Å². The van der Waals surface area contributed by atoms with E-state index in [0.717, 1.165) is 31.6 Å². The fraction of sp³-hybridized carbons (Fsp3) is 0.533. The van der Waals surface area contributed by atoms with Gasteiger partial charge in [-0.15, -0.1) is 0 Å². The molecule has 2 unspecified atom stereocenters. The van der Waals surface area contributed by atoms with Crippen molar-refractivity contribution in [2.24, 2.45) is 0 Å². The molecule has 1 aromatic carbocycles. The van der Waals surface area contributed by atoms with Gasteiger partial charge in [-0.05, 0) is 31.0 Å². The Balaban J connectivity index is 1.71. The molecule has 3 rings (SSSR count). The molecule has 2 atom stereocenters. The molecule has 2 saturated heterocycles. The molecule has 0 saturated carbocycles. The minimum atomic E-state index is -0.418. The number of rotatable bonds is 2. The first-order valence-corrected chi connectivity index (χ1v) is 6.97. The standard InChI is InChI=1S/C15H20N2O2/c1-11(18)12-2-4-13(5-3-12)16-8-9-17-14(10-16)6-7-15(17)19/h2-5,11,14,18H,6-10H2,1H3. The van der Waals surface area contributed by atoms with Crippen molar-refractivity contribution in [1.29, 1.82) is 0 Å². The second-order valence-electron chi connectivity index (χ2n) is 5.49. The lowest BCUT2D eigenvalue weighted by atomic mass is 10.1. The lowest BCUT2D eigenvalue weighted by Crippen LogP contribution is -2.51.